The lowest BCUT2D eigenvalue weighted by atomic mass is 10.3. The van der Waals surface area contributed by atoms with Gasteiger partial charge in [-0.3, -0.25) is 14.7 Å². The van der Waals surface area contributed by atoms with E-state index in [-0.39, 0.29) is 5.91 Å². The van der Waals surface area contributed by atoms with Crippen LogP contribution in [0.15, 0.2) is 48.8 Å². The molecule has 0 atom stereocenters. The number of amides is 1. The first kappa shape index (κ1) is 20.4. The van der Waals surface area contributed by atoms with E-state index in [9.17, 15) is 4.79 Å². The van der Waals surface area contributed by atoms with Gasteiger partial charge in [0.1, 0.15) is 5.82 Å². The molecule has 1 N–H and O–H groups in total. The lowest BCUT2D eigenvalue weighted by Gasteiger charge is -2.34. The molecule has 1 aromatic carbocycles. The number of piperazine rings is 1. The molecule has 2 aliphatic rings. The van der Waals surface area contributed by atoms with Gasteiger partial charge < -0.3 is 15.0 Å². The summed E-state index contributed by atoms with van der Waals surface area (Å²) >= 11 is 0. The van der Waals surface area contributed by atoms with E-state index in [2.05, 4.69) is 25.1 Å². The Morgan fingerprint density at radius 2 is 1.91 bits per heavy atom. The van der Waals surface area contributed by atoms with Crippen molar-refractivity contribution < 1.29 is 9.53 Å². The van der Waals surface area contributed by atoms with E-state index in [1.54, 1.807) is 19.5 Å². The van der Waals surface area contributed by atoms with E-state index in [4.69, 9.17) is 9.84 Å². The van der Waals surface area contributed by atoms with Crippen LogP contribution in [0.5, 0.6) is 5.88 Å². The molecular formula is C23H27N7O2. The molecule has 1 aliphatic carbocycles. The second-order valence-corrected chi connectivity index (χ2v) is 8.21. The first-order valence-corrected chi connectivity index (χ1v) is 11.0. The van der Waals surface area contributed by atoms with Crippen molar-refractivity contribution in [1.29, 1.82) is 0 Å². The predicted octanol–water partition coefficient (Wildman–Crippen LogP) is 2.31. The average molecular weight is 434 g/mol. The summed E-state index contributed by atoms with van der Waals surface area (Å²) in [5.74, 6) is 2.52. The molecule has 32 heavy (non-hydrogen) atoms. The van der Waals surface area contributed by atoms with Crippen LogP contribution < -0.4 is 15.0 Å². The highest BCUT2D eigenvalue weighted by atomic mass is 16.5. The summed E-state index contributed by atoms with van der Waals surface area (Å²) in [4.78, 5) is 25.8. The highest BCUT2D eigenvalue weighted by Gasteiger charge is 2.28. The lowest BCUT2D eigenvalue weighted by molar-refractivity contribution is -0.117. The van der Waals surface area contributed by atoms with Crippen LogP contribution >= 0.6 is 0 Å². The molecule has 1 saturated heterocycles. The molecule has 0 radical (unpaired) electrons. The zero-order valence-corrected chi connectivity index (χ0v) is 18.1. The Morgan fingerprint density at radius 1 is 1.12 bits per heavy atom. The summed E-state index contributed by atoms with van der Waals surface area (Å²) < 4.78 is 7.01. The highest BCUT2D eigenvalue weighted by molar-refractivity contribution is 5.91. The number of nitrogens with zero attached hydrogens (tertiary/aromatic N) is 6. The summed E-state index contributed by atoms with van der Waals surface area (Å²) in [6, 6.07) is 11.9. The standard InChI is InChI=1S/C23H27N7O2/c1-32-23-15-24-14-21(26-23)29-11-9-28(10-12-29)16-22(31)25-20-13-19(17-7-8-17)27-30(20)18-5-3-2-4-6-18/h2-6,13-15,17H,7-12,16H2,1H3,(H,25,31). The van der Waals surface area contributed by atoms with Gasteiger partial charge in [0.05, 0.1) is 37.4 Å². The van der Waals surface area contributed by atoms with E-state index >= 15 is 0 Å². The van der Waals surface area contributed by atoms with Gasteiger partial charge in [-0.1, -0.05) is 18.2 Å². The zero-order chi connectivity index (χ0) is 21.9. The molecular weight excluding hydrogens is 406 g/mol. The van der Waals surface area contributed by atoms with Gasteiger partial charge >= 0.3 is 0 Å². The average Bonchev–Trinajstić information content (AvgIpc) is 3.60. The zero-order valence-electron chi connectivity index (χ0n) is 18.1. The first-order chi connectivity index (χ1) is 15.7. The minimum absolute atomic E-state index is 0.0287. The van der Waals surface area contributed by atoms with Gasteiger partial charge in [0.15, 0.2) is 5.82 Å². The van der Waals surface area contributed by atoms with Gasteiger partial charge in [-0.2, -0.15) is 10.1 Å². The molecule has 166 valence electrons. The summed E-state index contributed by atoms with van der Waals surface area (Å²) in [5.41, 5.74) is 2.00. The number of hydrogen-bond acceptors (Lipinski definition) is 7. The molecule has 1 aliphatic heterocycles. The normalized spacial score (nSPS) is 16.7. The third-order valence-corrected chi connectivity index (χ3v) is 5.86. The molecule has 1 amide bonds. The number of nitrogens with one attached hydrogen (secondary N) is 1. The highest BCUT2D eigenvalue weighted by Crippen LogP contribution is 2.40. The molecule has 9 heteroatoms. The van der Waals surface area contributed by atoms with Crippen molar-refractivity contribution in [3.8, 4) is 11.6 Å². The van der Waals surface area contributed by atoms with E-state index < -0.39 is 0 Å². The summed E-state index contributed by atoms with van der Waals surface area (Å²) in [6.45, 7) is 3.46. The van der Waals surface area contributed by atoms with Gasteiger partial charge in [-0.05, 0) is 25.0 Å². The Labute approximate surface area is 187 Å². The first-order valence-electron chi connectivity index (χ1n) is 11.0. The van der Waals surface area contributed by atoms with Crippen molar-refractivity contribution in [3.05, 3.63) is 54.5 Å². The number of aromatic nitrogens is 4. The number of benzene rings is 1. The summed E-state index contributed by atoms with van der Waals surface area (Å²) in [6.07, 6.45) is 5.67. The number of para-hydroxylation sites is 1. The molecule has 3 heterocycles. The van der Waals surface area contributed by atoms with Crippen molar-refractivity contribution in [2.24, 2.45) is 0 Å². The molecule has 2 fully saturated rings. The van der Waals surface area contributed by atoms with Crippen LogP contribution in [-0.4, -0.2) is 70.4 Å². The summed E-state index contributed by atoms with van der Waals surface area (Å²) in [5, 5.41) is 7.84. The van der Waals surface area contributed by atoms with Crippen LogP contribution in [0.4, 0.5) is 11.6 Å². The van der Waals surface area contributed by atoms with Gasteiger partial charge in [0.2, 0.25) is 11.8 Å². The number of ether oxygens (including phenoxy) is 1. The number of carbonyl (C=O) groups is 1. The Kier molecular flexibility index (Phi) is 5.72. The fourth-order valence-corrected chi connectivity index (χ4v) is 3.94. The van der Waals surface area contributed by atoms with Crippen molar-refractivity contribution >= 4 is 17.5 Å². The SMILES string of the molecule is COc1cncc(N2CCN(CC(=O)Nc3cc(C4CC4)nn3-c3ccccc3)CC2)n1. The third kappa shape index (κ3) is 4.57. The Balaban J connectivity index is 1.20. The van der Waals surface area contributed by atoms with Gasteiger partial charge in [0, 0.05) is 38.2 Å². The van der Waals surface area contributed by atoms with Gasteiger partial charge in [0.25, 0.3) is 0 Å². The Bertz CT molecular complexity index is 1070. The van der Waals surface area contributed by atoms with E-state index in [1.165, 1.54) is 12.8 Å². The second-order valence-electron chi connectivity index (χ2n) is 8.21. The van der Waals surface area contributed by atoms with E-state index in [1.807, 2.05) is 41.1 Å². The second kappa shape index (κ2) is 8.96. The molecule has 5 rings (SSSR count). The molecule has 0 bridgehead atoms. The number of anilines is 2. The quantitative estimate of drug-likeness (QED) is 0.612. The fraction of sp³-hybridized carbons (Fsp3) is 0.391. The van der Waals surface area contributed by atoms with Crippen LogP contribution in [0, 0.1) is 0 Å². The number of carbonyl (C=O) groups excluding carboxylic acids is 1. The number of methoxy groups -OCH3 is 1. The number of rotatable bonds is 7. The minimum Gasteiger partial charge on any atom is -0.480 e. The van der Waals surface area contributed by atoms with Crippen LogP contribution in [0.1, 0.15) is 24.5 Å². The van der Waals surface area contributed by atoms with Crippen molar-refractivity contribution in [1.82, 2.24) is 24.6 Å². The van der Waals surface area contributed by atoms with Crippen LogP contribution in [0.3, 0.4) is 0 Å². The maximum Gasteiger partial charge on any atom is 0.239 e. The molecule has 0 unspecified atom stereocenters. The van der Waals surface area contributed by atoms with Gasteiger partial charge in [-0.25, -0.2) is 4.68 Å². The molecule has 2 aromatic heterocycles. The molecule has 0 spiro atoms. The van der Waals surface area contributed by atoms with Crippen molar-refractivity contribution in [2.75, 3.05) is 50.1 Å². The monoisotopic (exact) mass is 433 g/mol. The summed E-state index contributed by atoms with van der Waals surface area (Å²) in [7, 11) is 1.59. The maximum absolute atomic E-state index is 12.8. The lowest BCUT2D eigenvalue weighted by Crippen LogP contribution is -2.49. The van der Waals surface area contributed by atoms with E-state index in [0.717, 1.165) is 49.2 Å². The third-order valence-electron chi connectivity index (χ3n) is 5.86. The van der Waals surface area contributed by atoms with Gasteiger partial charge in [-0.15, -0.1) is 0 Å². The molecule has 9 nitrogen and oxygen atoms in total. The Hall–Kier alpha value is -3.46. The maximum atomic E-state index is 12.8. The van der Waals surface area contributed by atoms with Crippen LogP contribution in [-0.2, 0) is 4.79 Å². The fourth-order valence-electron chi connectivity index (χ4n) is 3.94. The van der Waals surface area contributed by atoms with Crippen LogP contribution in [0.2, 0.25) is 0 Å². The Morgan fingerprint density at radius 3 is 2.62 bits per heavy atom. The van der Waals surface area contributed by atoms with E-state index in [0.29, 0.717) is 18.3 Å². The smallest absolute Gasteiger partial charge is 0.239 e. The predicted molar refractivity (Wildman–Crippen MR) is 121 cm³/mol. The minimum atomic E-state index is -0.0287. The van der Waals surface area contributed by atoms with Crippen molar-refractivity contribution in [3.63, 3.8) is 0 Å². The number of hydrogen-bond donors (Lipinski definition) is 1. The van der Waals surface area contributed by atoms with Crippen LogP contribution in [0.25, 0.3) is 5.69 Å². The molecule has 1 saturated carbocycles. The van der Waals surface area contributed by atoms with Crippen molar-refractivity contribution in [2.45, 2.75) is 18.8 Å². The topological polar surface area (TPSA) is 88.4 Å². The molecule has 3 aromatic rings. The largest absolute Gasteiger partial charge is 0.480 e.